The van der Waals surface area contributed by atoms with Crippen LogP contribution in [0.5, 0.6) is 0 Å². The van der Waals surface area contributed by atoms with Gasteiger partial charge in [-0.25, -0.2) is 4.39 Å². The summed E-state index contributed by atoms with van der Waals surface area (Å²) in [6.45, 7) is 1.44. The summed E-state index contributed by atoms with van der Waals surface area (Å²) in [7, 11) is 0. The van der Waals surface area contributed by atoms with Crippen LogP contribution in [0.3, 0.4) is 0 Å². The number of nitrogens with one attached hydrogen (secondary N) is 1. The van der Waals surface area contributed by atoms with Crippen molar-refractivity contribution in [3.05, 3.63) is 102 Å². The van der Waals surface area contributed by atoms with Gasteiger partial charge < -0.3 is 20.0 Å². The van der Waals surface area contributed by atoms with E-state index in [-0.39, 0.29) is 24.3 Å². The highest BCUT2D eigenvalue weighted by Gasteiger charge is 2.54. The molecule has 2 fully saturated rings. The maximum atomic E-state index is 13.8. The Morgan fingerprint density at radius 2 is 1.49 bits per heavy atom. The topological polar surface area (TPSA) is 73.0 Å². The summed E-state index contributed by atoms with van der Waals surface area (Å²) in [5.41, 5.74) is 1.48. The lowest BCUT2D eigenvalue weighted by molar-refractivity contribution is -0.137. The van der Waals surface area contributed by atoms with E-state index in [0.29, 0.717) is 44.7 Å². The number of hydrogen-bond acceptors (Lipinski definition) is 4. The van der Waals surface area contributed by atoms with Gasteiger partial charge in [0.05, 0.1) is 6.67 Å². The van der Waals surface area contributed by atoms with Crippen LogP contribution in [0.4, 0.5) is 10.1 Å². The number of para-hydroxylation sites is 1. The van der Waals surface area contributed by atoms with Gasteiger partial charge in [0.25, 0.3) is 11.8 Å². The van der Waals surface area contributed by atoms with Crippen molar-refractivity contribution in [3.63, 3.8) is 0 Å². The van der Waals surface area contributed by atoms with E-state index in [2.05, 4.69) is 10.2 Å². The van der Waals surface area contributed by atoms with Crippen LogP contribution in [0.2, 0.25) is 0 Å². The van der Waals surface area contributed by atoms with Crippen molar-refractivity contribution in [1.29, 1.82) is 0 Å². The van der Waals surface area contributed by atoms with Gasteiger partial charge in [0.1, 0.15) is 17.9 Å². The summed E-state index contributed by atoms with van der Waals surface area (Å²) in [5.74, 6) is -0.882. The first-order chi connectivity index (χ1) is 18.0. The summed E-state index contributed by atoms with van der Waals surface area (Å²) >= 11 is 0. The van der Waals surface area contributed by atoms with Gasteiger partial charge in [0.2, 0.25) is 5.91 Å². The number of nitrogens with zero attached hydrogens (tertiary/aromatic N) is 3. The molecular weight excluding hydrogens is 471 g/mol. The number of carbonyl (C=O) groups is 3. The lowest BCUT2D eigenvalue weighted by atomic mass is 9.85. The molecule has 7 nitrogen and oxygen atoms in total. The van der Waals surface area contributed by atoms with Gasteiger partial charge in [0.15, 0.2) is 0 Å². The number of rotatable bonds is 6. The van der Waals surface area contributed by atoms with E-state index in [1.807, 2.05) is 60.7 Å². The standard InChI is InChI=1S/C29H29FN4O3/c30-24-13-11-23(12-14-24)27(36)32-17-15-29(16-18-32)28(37)33(21-34(29)25-9-5-2-6-10-25)20-26(35)31-19-22-7-3-1-4-8-22/h1-14H,15-21H2,(H,31,35). The fraction of sp³-hybridized carbons (Fsp3) is 0.276. The largest absolute Gasteiger partial charge is 0.350 e. The molecule has 0 radical (unpaired) electrons. The summed E-state index contributed by atoms with van der Waals surface area (Å²) < 4.78 is 13.3. The molecular formula is C29H29FN4O3. The van der Waals surface area contributed by atoms with Crippen molar-refractivity contribution >= 4 is 23.4 Å². The number of benzene rings is 3. The average Bonchev–Trinajstić information content (AvgIpc) is 3.19. The zero-order valence-corrected chi connectivity index (χ0v) is 20.5. The molecule has 8 heteroatoms. The minimum atomic E-state index is -0.833. The second kappa shape index (κ2) is 10.4. The molecule has 2 aliphatic heterocycles. The SMILES string of the molecule is O=C(CN1CN(c2ccccc2)C2(CCN(C(=O)c3ccc(F)cc3)CC2)C1=O)NCc1ccccc1. The molecule has 2 heterocycles. The number of likely N-dealkylation sites (tertiary alicyclic amines) is 1. The van der Waals surface area contributed by atoms with E-state index in [4.69, 9.17) is 0 Å². The molecule has 5 rings (SSSR count). The molecule has 1 spiro atoms. The summed E-state index contributed by atoms with van der Waals surface area (Å²) in [6.07, 6.45) is 0.881. The first kappa shape index (κ1) is 24.5. The van der Waals surface area contributed by atoms with Crippen molar-refractivity contribution in [1.82, 2.24) is 15.1 Å². The third-order valence-electron chi connectivity index (χ3n) is 7.22. The van der Waals surface area contributed by atoms with E-state index in [9.17, 15) is 18.8 Å². The maximum absolute atomic E-state index is 13.8. The molecule has 0 atom stereocenters. The van der Waals surface area contributed by atoms with Crippen molar-refractivity contribution in [2.75, 3.05) is 31.2 Å². The van der Waals surface area contributed by atoms with Gasteiger partial charge in [-0.15, -0.1) is 0 Å². The molecule has 0 unspecified atom stereocenters. The quantitative estimate of drug-likeness (QED) is 0.563. The fourth-order valence-electron chi connectivity index (χ4n) is 5.20. The minimum Gasteiger partial charge on any atom is -0.350 e. The highest BCUT2D eigenvalue weighted by molar-refractivity contribution is 5.97. The van der Waals surface area contributed by atoms with Crippen molar-refractivity contribution < 1.29 is 18.8 Å². The number of amides is 3. The normalized spacial score (nSPS) is 16.8. The molecule has 0 bridgehead atoms. The Balaban J connectivity index is 1.30. The zero-order chi connectivity index (χ0) is 25.8. The molecule has 0 aromatic heterocycles. The Morgan fingerprint density at radius 3 is 2.14 bits per heavy atom. The van der Waals surface area contributed by atoms with Crippen molar-refractivity contribution in [2.24, 2.45) is 0 Å². The Bertz CT molecular complexity index is 1260. The summed E-state index contributed by atoms with van der Waals surface area (Å²) in [6, 6.07) is 24.8. The van der Waals surface area contributed by atoms with Crippen LogP contribution in [-0.2, 0) is 16.1 Å². The maximum Gasteiger partial charge on any atom is 0.253 e. The Labute approximate surface area is 215 Å². The lowest BCUT2D eigenvalue weighted by Crippen LogP contribution is -2.57. The molecule has 1 N–H and O–H groups in total. The molecule has 2 saturated heterocycles. The first-order valence-electron chi connectivity index (χ1n) is 12.4. The number of anilines is 1. The van der Waals surface area contributed by atoms with Crippen LogP contribution in [0, 0.1) is 5.82 Å². The molecule has 0 saturated carbocycles. The minimum absolute atomic E-state index is 0.0328. The van der Waals surface area contributed by atoms with Gasteiger partial charge in [-0.3, -0.25) is 14.4 Å². The number of piperidine rings is 1. The summed E-state index contributed by atoms with van der Waals surface area (Å²) in [4.78, 5) is 44.9. The van der Waals surface area contributed by atoms with Gasteiger partial charge in [-0.05, 0) is 54.8 Å². The summed E-state index contributed by atoms with van der Waals surface area (Å²) in [5, 5.41) is 2.91. The molecule has 3 aromatic carbocycles. The van der Waals surface area contributed by atoms with Crippen LogP contribution in [-0.4, -0.2) is 59.4 Å². The first-order valence-corrected chi connectivity index (χ1v) is 12.4. The van der Waals surface area contributed by atoms with E-state index < -0.39 is 11.4 Å². The second-order valence-corrected chi connectivity index (χ2v) is 9.50. The van der Waals surface area contributed by atoms with Crippen LogP contribution in [0.25, 0.3) is 0 Å². The van der Waals surface area contributed by atoms with Crippen molar-refractivity contribution in [3.8, 4) is 0 Å². The Morgan fingerprint density at radius 1 is 0.865 bits per heavy atom. The van der Waals surface area contributed by atoms with Gasteiger partial charge in [-0.1, -0.05) is 48.5 Å². The van der Waals surface area contributed by atoms with Gasteiger partial charge >= 0.3 is 0 Å². The molecule has 2 aliphatic rings. The number of carbonyl (C=O) groups excluding carboxylic acids is 3. The van der Waals surface area contributed by atoms with Crippen LogP contribution in [0.15, 0.2) is 84.9 Å². The smallest absolute Gasteiger partial charge is 0.253 e. The second-order valence-electron chi connectivity index (χ2n) is 9.50. The number of halogens is 1. The Hall–Kier alpha value is -4.20. The third kappa shape index (κ3) is 5.05. The van der Waals surface area contributed by atoms with Crippen molar-refractivity contribution in [2.45, 2.75) is 24.9 Å². The zero-order valence-electron chi connectivity index (χ0n) is 20.5. The third-order valence-corrected chi connectivity index (χ3v) is 7.22. The van der Waals surface area contributed by atoms with E-state index in [1.54, 1.807) is 9.80 Å². The highest BCUT2D eigenvalue weighted by Crippen LogP contribution is 2.39. The fourth-order valence-corrected chi connectivity index (χ4v) is 5.20. The lowest BCUT2D eigenvalue weighted by Gasteiger charge is -2.43. The van der Waals surface area contributed by atoms with Gasteiger partial charge in [0, 0.05) is 30.9 Å². The number of hydrogen-bond donors (Lipinski definition) is 1. The van der Waals surface area contributed by atoms with E-state index in [1.165, 1.54) is 24.3 Å². The molecule has 37 heavy (non-hydrogen) atoms. The average molecular weight is 501 g/mol. The van der Waals surface area contributed by atoms with E-state index >= 15 is 0 Å². The Kier molecular flexibility index (Phi) is 6.90. The molecule has 190 valence electrons. The molecule has 3 aromatic rings. The van der Waals surface area contributed by atoms with E-state index in [0.717, 1.165) is 11.3 Å². The van der Waals surface area contributed by atoms with Crippen LogP contribution >= 0.6 is 0 Å². The predicted octanol–water partition coefficient (Wildman–Crippen LogP) is 3.42. The van der Waals surface area contributed by atoms with Crippen LogP contribution in [0.1, 0.15) is 28.8 Å². The molecule has 0 aliphatic carbocycles. The highest BCUT2D eigenvalue weighted by atomic mass is 19.1. The molecule has 3 amide bonds. The van der Waals surface area contributed by atoms with Crippen LogP contribution < -0.4 is 10.2 Å². The predicted molar refractivity (Wildman–Crippen MR) is 138 cm³/mol. The van der Waals surface area contributed by atoms with Gasteiger partial charge in [-0.2, -0.15) is 0 Å². The monoisotopic (exact) mass is 500 g/mol.